The molecular weight excluding hydrogens is 386 g/mol. The highest BCUT2D eigenvalue weighted by Gasteiger charge is 2.42. The van der Waals surface area contributed by atoms with Gasteiger partial charge in [0.1, 0.15) is 5.49 Å². The van der Waals surface area contributed by atoms with Crippen LogP contribution in [0.1, 0.15) is 32.3 Å². The summed E-state index contributed by atoms with van der Waals surface area (Å²) in [7, 11) is 0. The first-order chi connectivity index (χ1) is 15.0. The van der Waals surface area contributed by atoms with Crippen LogP contribution >= 0.6 is 0 Å². The van der Waals surface area contributed by atoms with E-state index in [9.17, 15) is 4.79 Å². The minimum absolute atomic E-state index is 0.0403. The smallest absolute Gasteiger partial charge is 0.260 e. The molecule has 3 atom stereocenters. The zero-order valence-electron chi connectivity index (χ0n) is 18.2. The highest BCUT2D eigenvalue weighted by Crippen LogP contribution is 2.42. The summed E-state index contributed by atoms with van der Waals surface area (Å²) in [5.41, 5.74) is 2.64. The Morgan fingerprint density at radius 1 is 1.26 bits per heavy atom. The molecular formula is C25H29N5O. The Labute approximate surface area is 182 Å². The summed E-state index contributed by atoms with van der Waals surface area (Å²) in [5, 5.41) is 9.84. The highest BCUT2D eigenvalue weighted by molar-refractivity contribution is 5.80. The molecule has 4 heterocycles. The molecule has 6 nitrogen and oxygen atoms in total. The standard InChI is InChI=1S/C25H29N5O/c1-17(12-28-8-6-20-5-7-27-11-23(20)25(28)31)13-30-15-19(3-4-24(30)26)14-29-16-21-10-22(29)9-18(21)2/h3-8,11,13,15,18,21-22,26H,9-10,12,14,16H2,1-2H3/b17-13+,26-24?. The molecule has 1 aliphatic heterocycles. The summed E-state index contributed by atoms with van der Waals surface area (Å²) in [4.78, 5) is 19.4. The van der Waals surface area contributed by atoms with Crippen LogP contribution in [0.3, 0.4) is 0 Å². The lowest BCUT2D eigenvalue weighted by Gasteiger charge is -2.30. The summed E-state index contributed by atoms with van der Waals surface area (Å²) in [6.07, 6.45) is 11.8. The fraction of sp³-hybridized carbons (Fsp3) is 0.400. The molecule has 3 unspecified atom stereocenters. The number of aromatic nitrogens is 3. The summed E-state index contributed by atoms with van der Waals surface area (Å²) >= 11 is 0. The molecule has 3 aromatic heterocycles. The number of allylic oxidation sites excluding steroid dienone is 1. The van der Waals surface area contributed by atoms with E-state index in [1.165, 1.54) is 24.9 Å². The molecule has 160 valence electrons. The molecule has 1 N–H and O–H groups in total. The van der Waals surface area contributed by atoms with E-state index in [2.05, 4.69) is 29.1 Å². The zero-order chi connectivity index (χ0) is 21.5. The summed E-state index contributed by atoms with van der Waals surface area (Å²) in [6.45, 7) is 7.00. The molecule has 2 fully saturated rings. The maximum atomic E-state index is 12.8. The van der Waals surface area contributed by atoms with E-state index in [4.69, 9.17) is 5.41 Å². The number of likely N-dealkylation sites (tertiary alicyclic amines) is 1. The number of nitrogens with one attached hydrogen (secondary N) is 1. The van der Waals surface area contributed by atoms with Gasteiger partial charge in [0.25, 0.3) is 5.56 Å². The van der Waals surface area contributed by atoms with Gasteiger partial charge >= 0.3 is 0 Å². The molecule has 1 saturated heterocycles. The molecule has 2 aliphatic rings. The molecule has 0 spiro atoms. The van der Waals surface area contributed by atoms with Gasteiger partial charge in [-0.2, -0.15) is 0 Å². The predicted octanol–water partition coefficient (Wildman–Crippen LogP) is 3.47. The van der Waals surface area contributed by atoms with Crippen LogP contribution in [0.2, 0.25) is 0 Å². The molecule has 1 aliphatic carbocycles. The third kappa shape index (κ3) is 3.88. The maximum absolute atomic E-state index is 12.8. The van der Waals surface area contributed by atoms with Crippen LogP contribution in [0.25, 0.3) is 17.0 Å². The Hall–Kier alpha value is -2.99. The third-order valence-electron chi connectivity index (χ3n) is 6.99. The van der Waals surface area contributed by atoms with Gasteiger partial charge in [-0.05, 0) is 66.3 Å². The van der Waals surface area contributed by atoms with Gasteiger partial charge in [0.2, 0.25) is 0 Å². The maximum Gasteiger partial charge on any atom is 0.260 e. The van der Waals surface area contributed by atoms with Gasteiger partial charge in [0.05, 0.1) is 5.39 Å². The minimum Gasteiger partial charge on any atom is -0.311 e. The van der Waals surface area contributed by atoms with Gasteiger partial charge in [0, 0.05) is 56.7 Å². The second-order valence-electron chi connectivity index (χ2n) is 9.31. The average molecular weight is 416 g/mol. The van der Waals surface area contributed by atoms with Crippen LogP contribution in [0, 0.1) is 17.2 Å². The first-order valence-corrected chi connectivity index (χ1v) is 11.1. The van der Waals surface area contributed by atoms with Crippen molar-refractivity contribution in [2.75, 3.05) is 6.54 Å². The van der Waals surface area contributed by atoms with Gasteiger partial charge < -0.3 is 9.13 Å². The third-order valence-corrected chi connectivity index (χ3v) is 6.99. The van der Waals surface area contributed by atoms with E-state index in [0.29, 0.717) is 17.4 Å². The van der Waals surface area contributed by atoms with Crippen molar-refractivity contribution in [1.29, 1.82) is 5.41 Å². The average Bonchev–Trinajstić information content (AvgIpc) is 3.32. The number of hydrogen-bond acceptors (Lipinski definition) is 4. The molecule has 6 heteroatoms. The van der Waals surface area contributed by atoms with Crippen molar-refractivity contribution in [3.05, 3.63) is 76.0 Å². The van der Waals surface area contributed by atoms with Crippen LogP contribution in [0.4, 0.5) is 0 Å². The van der Waals surface area contributed by atoms with Crippen molar-refractivity contribution in [1.82, 2.24) is 19.0 Å². The Morgan fingerprint density at radius 2 is 2.13 bits per heavy atom. The number of hydrogen-bond donors (Lipinski definition) is 1. The zero-order valence-corrected chi connectivity index (χ0v) is 18.2. The summed E-state index contributed by atoms with van der Waals surface area (Å²) < 4.78 is 3.57. The normalized spacial score (nSPS) is 23.7. The van der Waals surface area contributed by atoms with Gasteiger partial charge in [-0.1, -0.05) is 13.0 Å². The van der Waals surface area contributed by atoms with Crippen molar-refractivity contribution in [2.24, 2.45) is 11.8 Å². The lowest BCUT2D eigenvalue weighted by molar-refractivity contribution is 0.174. The monoisotopic (exact) mass is 415 g/mol. The van der Waals surface area contributed by atoms with Gasteiger partial charge in [-0.15, -0.1) is 0 Å². The van der Waals surface area contributed by atoms with Crippen LogP contribution in [0.5, 0.6) is 0 Å². The van der Waals surface area contributed by atoms with Crippen molar-refractivity contribution < 1.29 is 0 Å². The van der Waals surface area contributed by atoms with Crippen molar-refractivity contribution in [3.8, 4) is 0 Å². The number of nitrogens with zero attached hydrogens (tertiary/aromatic N) is 4. The number of pyridine rings is 3. The highest BCUT2D eigenvalue weighted by atomic mass is 16.1. The molecule has 5 rings (SSSR count). The second kappa shape index (κ2) is 7.93. The van der Waals surface area contributed by atoms with E-state index >= 15 is 0 Å². The van der Waals surface area contributed by atoms with Gasteiger partial charge in [0.15, 0.2) is 0 Å². The van der Waals surface area contributed by atoms with Gasteiger partial charge in [-0.25, -0.2) is 0 Å². The fourth-order valence-electron chi connectivity index (χ4n) is 5.29. The largest absolute Gasteiger partial charge is 0.311 e. The Bertz CT molecular complexity index is 1270. The molecule has 3 aromatic rings. The Morgan fingerprint density at radius 3 is 2.90 bits per heavy atom. The van der Waals surface area contributed by atoms with Gasteiger partial charge in [-0.3, -0.25) is 20.1 Å². The summed E-state index contributed by atoms with van der Waals surface area (Å²) in [5.74, 6) is 1.71. The molecule has 0 amide bonds. The topological polar surface area (TPSA) is 66.9 Å². The number of rotatable bonds is 5. The lowest BCUT2D eigenvalue weighted by atomic mass is 9.97. The fourth-order valence-corrected chi connectivity index (χ4v) is 5.29. The van der Waals surface area contributed by atoms with E-state index in [-0.39, 0.29) is 5.56 Å². The molecule has 31 heavy (non-hydrogen) atoms. The first-order valence-electron chi connectivity index (χ1n) is 11.1. The number of piperidine rings is 1. The van der Waals surface area contributed by atoms with Crippen molar-refractivity contribution in [2.45, 2.75) is 45.8 Å². The van der Waals surface area contributed by atoms with Crippen LogP contribution < -0.4 is 11.0 Å². The van der Waals surface area contributed by atoms with E-state index < -0.39 is 0 Å². The summed E-state index contributed by atoms with van der Waals surface area (Å²) in [6, 6.07) is 8.45. The van der Waals surface area contributed by atoms with E-state index in [1.807, 2.05) is 42.1 Å². The van der Waals surface area contributed by atoms with E-state index in [0.717, 1.165) is 35.4 Å². The van der Waals surface area contributed by atoms with E-state index in [1.54, 1.807) is 17.0 Å². The molecule has 0 aromatic carbocycles. The second-order valence-corrected chi connectivity index (χ2v) is 9.31. The minimum atomic E-state index is -0.0403. The predicted molar refractivity (Wildman–Crippen MR) is 122 cm³/mol. The van der Waals surface area contributed by atoms with Crippen LogP contribution in [-0.4, -0.2) is 31.6 Å². The lowest BCUT2D eigenvalue weighted by Crippen LogP contribution is -2.34. The number of fused-ring (bicyclic) bond motifs is 3. The van der Waals surface area contributed by atoms with Crippen LogP contribution in [0.15, 0.2) is 59.4 Å². The van der Waals surface area contributed by atoms with Crippen molar-refractivity contribution >= 4 is 17.0 Å². The molecule has 2 bridgehead atoms. The quantitative estimate of drug-likeness (QED) is 0.694. The Balaban J connectivity index is 1.35. The first kappa shape index (κ1) is 19.9. The molecule has 1 saturated carbocycles. The van der Waals surface area contributed by atoms with Crippen molar-refractivity contribution in [3.63, 3.8) is 0 Å². The molecule has 0 radical (unpaired) electrons. The SMILES string of the molecule is C/C(=C\n1cc(CN2CC3CC2CC3C)ccc1=N)Cn1ccc2ccncc2c1=O. The van der Waals surface area contributed by atoms with Crippen LogP contribution in [-0.2, 0) is 13.1 Å². The Kier molecular flexibility index (Phi) is 5.10.